The number of hydrogen-bond donors (Lipinski definition) is 2. The van der Waals surface area contributed by atoms with Crippen LogP contribution in [0.25, 0.3) is 0 Å². The minimum absolute atomic E-state index is 0.364. The summed E-state index contributed by atoms with van der Waals surface area (Å²) < 4.78 is 0. The summed E-state index contributed by atoms with van der Waals surface area (Å²) in [7, 11) is 0. The van der Waals surface area contributed by atoms with Crippen molar-refractivity contribution in [2.24, 2.45) is 28.9 Å². The predicted molar refractivity (Wildman–Crippen MR) is 84.5 cm³/mol. The van der Waals surface area contributed by atoms with Crippen molar-refractivity contribution in [2.45, 2.75) is 58.9 Å². The SMILES string of the molecule is CC(C)(C)C1CCC(N)C(CN2CCC(CO)CC2)C1. The van der Waals surface area contributed by atoms with Gasteiger partial charge in [-0.1, -0.05) is 20.8 Å². The number of hydrogen-bond acceptors (Lipinski definition) is 3. The highest BCUT2D eigenvalue weighted by Crippen LogP contribution is 2.40. The maximum Gasteiger partial charge on any atom is 0.0460 e. The number of nitrogens with zero attached hydrogens (tertiary/aromatic N) is 1. The summed E-state index contributed by atoms with van der Waals surface area (Å²) in [5.41, 5.74) is 6.81. The van der Waals surface area contributed by atoms with Gasteiger partial charge in [-0.15, -0.1) is 0 Å². The molecule has 0 aromatic carbocycles. The van der Waals surface area contributed by atoms with E-state index in [4.69, 9.17) is 5.73 Å². The molecule has 2 rings (SSSR count). The number of likely N-dealkylation sites (tertiary alicyclic amines) is 1. The number of rotatable bonds is 3. The third-order valence-corrected chi connectivity index (χ3v) is 5.72. The number of piperidine rings is 1. The molecule has 0 amide bonds. The Morgan fingerprint density at radius 2 is 1.75 bits per heavy atom. The maximum atomic E-state index is 9.23. The summed E-state index contributed by atoms with van der Waals surface area (Å²) in [4.78, 5) is 2.59. The van der Waals surface area contributed by atoms with E-state index in [1.807, 2.05) is 0 Å². The van der Waals surface area contributed by atoms with E-state index in [-0.39, 0.29) is 0 Å². The lowest BCUT2D eigenvalue weighted by molar-refractivity contribution is 0.0757. The smallest absolute Gasteiger partial charge is 0.0460 e. The van der Waals surface area contributed by atoms with E-state index in [2.05, 4.69) is 25.7 Å². The average molecular weight is 282 g/mol. The predicted octanol–water partition coefficient (Wildman–Crippen LogP) is 2.48. The van der Waals surface area contributed by atoms with E-state index in [1.165, 1.54) is 25.8 Å². The Labute approximate surface area is 124 Å². The molecule has 3 atom stereocenters. The van der Waals surface area contributed by atoms with Crippen LogP contribution < -0.4 is 5.73 Å². The minimum Gasteiger partial charge on any atom is -0.396 e. The van der Waals surface area contributed by atoms with Crippen LogP contribution in [0.15, 0.2) is 0 Å². The van der Waals surface area contributed by atoms with Crippen molar-refractivity contribution in [1.82, 2.24) is 4.90 Å². The molecule has 1 heterocycles. The van der Waals surface area contributed by atoms with Crippen molar-refractivity contribution in [2.75, 3.05) is 26.2 Å². The first-order valence-corrected chi connectivity index (χ1v) is 8.49. The maximum absolute atomic E-state index is 9.23. The molecule has 2 fully saturated rings. The van der Waals surface area contributed by atoms with Crippen LogP contribution >= 0.6 is 0 Å². The normalized spacial score (nSPS) is 34.4. The molecule has 3 nitrogen and oxygen atoms in total. The first kappa shape index (κ1) is 16.3. The minimum atomic E-state index is 0.364. The number of aliphatic hydroxyl groups excluding tert-OH is 1. The molecular weight excluding hydrogens is 248 g/mol. The molecule has 0 spiro atoms. The van der Waals surface area contributed by atoms with E-state index < -0.39 is 0 Å². The number of nitrogens with two attached hydrogens (primary N) is 1. The van der Waals surface area contributed by atoms with Crippen molar-refractivity contribution in [3.05, 3.63) is 0 Å². The van der Waals surface area contributed by atoms with Crippen molar-refractivity contribution < 1.29 is 5.11 Å². The summed E-state index contributed by atoms with van der Waals surface area (Å²) >= 11 is 0. The van der Waals surface area contributed by atoms with Gasteiger partial charge in [0.05, 0.1) is 0 Å². The van der Waals surface area contributed by atoms with Gasteiger partial charge in [-0.2, -0.15) is 0 Å². The second-order valence-electron chi connectivity index (χ2n) is 8.23. The van der Waals surface area contributed by atoms with Gasteiger partial charge < -0.3 is 15.7 Å². The topological polar surface area (TPSA) is 49.5 Å². The molecule has 118 valence electrons. The van der Waals surface area contributed by atoms with Gasteiger partial charge in [0.2, 0.25) is 0 Å². The molecule has 1 aliphatic carbocycles. The van der Waals surface area contributed by atoms with Gasteiger partial charge in [-0.25, -0.2) is 0 Å². The summed E-state index contributed by atoms with van der Waals surface area (Å²) in [6.07, 6.45) is 6.10. The van der Waals surface area contributed by atoms with Crippen LogP contribution in [0.1, 0.15) is 52.9 Å². The Morgan fingerprint density at radius 1 is 1.10 bits per heavy atom. The quantitative estimate of drug-likeness (QED) is 0.836. The lowest BCUT2D eigenvalue weighted by Crippen LogP contribution is -2.47. The molecule has 1 saturated carbocycles. The first-order chi connectivity index (χ1) is 9.40. The molecular formula is C17H34N2O. The van der Waals surface area contributed by atoms with Crippen LogP contribution in [0.3, 0.4) is 0 Å². The summed E-state index contributed by atoms with van der Waals surface area (Å²) in [5.74, 6) is 2.02. The third kappa shape index (κ3) is 4.19. The lowest BCUT2D eigenvalue weighted by atomic mass is 9.67. The first-order valence-electron chi connectivity index (χ1n) is 8.49. The highest BCUT2D eigenvalue weighted by atomic mass is 16.3. The Hall–Kier alpha value is -0.120. The molecule has 3 N–H and O–H groups in total. The summed E-state index contributed by atoms with van der Waals surface area (Å²) in [6.45, 7) is 11.0. The Balaban J connectivity index is 1.84. The number of aliphatic hydroxyl groups is 1. The lowest BCUT2D eigenvalue weighted by Gasteiger charge is -2.43. The van der Waals surface area contributed by atoms with Gasteiger partial charge in [0.15, 0.2) is 0 Å². The van der Waals surface area contributed by atoms with Crippen LogP contribution in [0.5, 0.6) is 0 Å². The fourth-order valence-electron chi connectivity index (χ4n) is 3.97. The molecule has 3 unspecified atom stereocenters. The van der Waals surface area contributed by atoms with E-state index >= 15 is 0 Å². The molecule has 0 bridgehead atoms. The Kier molecular flexibility index (Phi) is 5.49. The molecule has 3 heteroatoms. The molecule has 20 heavy (non-hydrogen) atoms. The molecule has 1 aliphatic heterocycles. The average Bonchev–Trinajstić information content (AvgIpc) is 2.41. The Morgan fingerprint density at radius 3 is 2.30 bits per heavy atom. The van der Waals surface area contributed by atoms with Crippen LogP contribution in [0.2, 0.25) is 0 Å². The fourth-order valence-corrected chi connectivity index (χ4v) is 3.97. The zero-order valence-corrected chi connectivity index (χ0v) is 13.6. The van der Waals surface area contributed by atoms with E-state index in [0.29, 0.717) is 29.9 Å². The van der Waals surface area contributed by atoms with E-state index in [0.717, 1.165) is 31.8 Å². The second-order valence-corrected chi connectivity index (χ2v) is 8.23. The van der Waals surface area contributed by atoms with Crippen LogP contribution in [-0.2, 0) is 0 Å². The zero-order chi connectivity index (χ0) is 14.8. The molecule has 2 aliphatic rings. The van der Waals surface area contributed by atoms with Gasteiger partial charge >= 0.3 is 0 Å². The van der Waals surface area contributed by atoms with Crippen LogP contribution in [0, 0.1) is 23.2 Å². The standard InChI is InChI=1S/C17H34N2O/c1-17(2,3)15-4-5-16(18)14(10-15)11-19-8-6-13(12-20)7-9-19/h13-16,20H,4-12,18H2,1-3H3. The van der Waals surface area contributed by atoms with Crippen molar-refractivity contribution >= 4 is 0 Å². The molecule has 1 saturated heterocycles. The van der Waals surface area contributed by atoms with E-state index in [9.17, 15) is 5.11 Å². The molecule has 0 radical (unpaired) electrons. The van der Waals surface area contributed by atoms with E-state index in [1.54, 1.807) is 0 Å². The van der Waals surface area contributed by atoms with Crippen molar-refractivity contribution in [1.29, 1.82) is 0 Å². The van der Waals surface area contributed by atoms with Gasteiger partial charge in [0.1, 0.15) is 0 Å². The van der Waals surface area contributed by atoms with Crippen molar-refractivity contribution in [3.8, 4) is 0 Å². The summed E-state index contributed by atoms with van der Waals surface area (Å²) in [6, 6.07) is 0.393. The summed E-state index contributed by atoms with van der Waals surface area (Å²) in [5, 5.41) is 9.23. The van der Waals surface area contributed by atoms with Crippen molar-refractivity contribution in [3.63, 3.8) is 0 Å². The van der Waals surface area contributed by atoms with Gasteiger partial charge in [-0.05, 0) is 68.4 Å². The highest BCUT2D eigenvalue weighted by molar-refractivity contribution is 4.89. The van der Waals surface area contributed by atoms with Gasteiger partial charge in [-0.3, -0.25) is 0 Å². The third-order valence-electron chi connectivity index (χ3n) is 5.72. The van der Waals surface area contributed by atoms with Crippen LogP contribution in [-0.4, -0.2) is 42.3 Å². The molecule has 0 aromatic rings. The van der Waals surface area contributed by atoms with Gasteiger partial charge in [0, 0.05) is 19.2 Å². The fraction of sp³-hybridized carbons (Fsp3) is 1.00. The zero-order valence-electron chi connectivity index (χ0n) is 13.6. The second kappa shape index (κ2) is 6.76. The van der Waals surface area contributed by atoms with Crippen LogP contribution in [0.4, 0.5) is 0 Å². The van der Waals surface area contributed by atoms with Gasteiger partial charge in [0.25, 0.3) is 0 Å². The largest absolute Gasteiger partial charge is 0.396 e. The molecule has 0 aromatic heterocycles. The highest BCUT2D eigenvalue weighted by Gasteiger charge is 2.35. The Bertz CT molecular complexity index is 292. The monoisotopic (exact) mass is 282 g/mol.